The summed E-state index contributed by atoms with van der Waals surface area (Å²) in [6.07, 6.45) is -0.614. The predicted molar refractivity (Wildman–Crippen MR) is 85.4 cm³/mol. The number of fused-ring (bicyclic) bond motifs is 5. The van der Waals surface area contributed by atoms with Crippen molar-refractivity contribution in [2.24, 2.45) is 23.7 Å². The van der Waals surface area contributed by atoms with Crippen LogP contribution in [-0.4, -0.2) is 11.8 Å². The van der Waals surface area contributed by atoms with Gasteiger partial charge in [-0.05, 0) is 32.0 Å². The zero-order valence-corrected chi connectivity index (χ0v) is 13.7. The van der Waals surface area contributed by atoms with Crippen molar-refractivity contribution in [3.8, 4) is 0 Å². The molecule has 1 heterocycles. The smallest absolute Gasteiger partial charge is 0.274 e. The lowest BCUT2D eigenvalue weighted by atomic mass is 9.85. The maximum Gasteiger partial charge on any atom is 0.416 e. The minimum atomic E-state index is -4.52. The molecule has 0 aromatic heterocycles. The van der Waals surface area contributed by atoms with Gasteiger partial charge in [-0.2, -0.15) is 13.2 Å². The lowest BCUT2D eigenvalue weighted by Gasteiger charge is -2.20. The molecule has 1 saturated heterocycles. The molecule has 2 fully saturated rings. The van der Waals surface area contributed by atoms with Crippen molar-refractivity contribution in [2.45, 2.75) is 20.0 Å². The highest BCUT2D eigenvalue weighted by atomic mass is 19.4. The van der Waals surface area contributed by atoms with Gasteiger partial charge in [-0.15, -0.1) is 0 Å². The molecule has 0 radical (unpaired) electrons. The highest BCUT2D eigenvalue weighted by Gasteiger charge is 2.62. The number of imide groups is 1. The first-order chi connectivity index (χ1) is 11.7. The fourth-order valence-electron chi connectivity index (χ4n) is 4.51. The van der Waals surface area contributed by atoms with Gasteiger partial charge in [0, 0.05) is 11.8 Å². The first-order valence-corrected chi connectivity index (χ1v) is 8.12. The molecule has 6 heteroatoms. The van der Waals surface area contributed by atoms with Gasteiger partial charge in [-0.3, -0.25) is 9.59 Å². The molecular formula is C19H16F3NO2. The maximum atomic E-state index is 12.9. The lowest BCUT2D eigenvalue weighted by Crippen LogP contribution is -2.33. The molecule has 1 saturated carbocycles. The second-order valence-electron chi connectivity index (χ2n) is 7.00. The Bertz CT molecular complexity index is 814. The van der Waals surface area contributed by atoms with Crippen LogP contribution in [0.3, 0.4) is 0 Å². The molecule has 1 aromatic carbocycles. The Morgan fingerprint density at radius 3 is 2.04 bits per heavy atom. The molecule has 3 nitrogen and oxygen atoms in total. The number of nitrogens with zero attached hydrogens (tertiary/aromatic N) is 1. The van der Waals surface area contributed by atoms with Crippen LogP contribution in [0.5, 0.6) is 0 Å². The summed E-state index contributed by atoms with van der Waals surface area (Å²) in [7, 11) is 0. The zero-order valence-electron chi connectivity index (χ0n) is 13.7. The molecule has 3 aliphatic rings. The quantitative estimate of drug-likeness (QED) is 0.570. The summed E-state index contributed by atoms with van der Waals surface area (Å²) in [5.41, 5.74) is 1.34. The van der Waals surface area contributed by atoms with E-state index in [9.17, 15) is 22.8 Å². The largest absolute Gasteiger partial charge is 0.416 e. The zero-order chi connectivity index (χ0) is 18.1. The van der Waals surface area contributed by atoms with Crippen LogP contribution >= 0.6 is 0 Å². The van der Waals surface area contributed by atoms with Crippen LogP contribution in [0.4, 0.5) is 18.9 Å². The average Bonchev–Trinajstić information content (AvgIpc) is 3.17. The number of amides is 2. The van der Waals surface area contributed by atoms with Crippen molar-refractivity contribution in [1.29, 1.82) is 0 Å². The van der Waals surface area contributed by atoms with E-state index in [-0.39, 0.29) is 17.5 Å². The molecule has 130 valence electrons. The van der Waals surface area contributed by atoms with Crippen LogP contribution in [0.1, 0.15) is 19.4 Å². The molecule has 2 bridgehead atoms. The van der Waals surface area contributed by atoms with Crippen LogP contribution in [0, 0.1) is 23.7 Å². The van der Waals surface area contributed by atoms with E-state index < -0.39 is 35.4 Å². The Morgan fingerprint density at radius 1 is 1.00 bits per heavy atom. The van der Waals surface area contributed by atoms with Crippen molar-refractivity contribution in [3.05, 3.63) is 53.1 Å². The summed E-state index contributed by atoms with van der Waals surface area (Å²) < 4.78 is 38.8. The van der Waals surface area contributed by atoms with E-state index >= 15 is 0 Å². The van der Waals surface area contributed by atoms with Crippen LogP contribution < -0.4 is 4.90 Å². The summed E-state index contributed by atoms with van der Waals surface area (Å²) in [4.78, 5) is 26.7. The molecule has 0 unspecified atom stereocenters. The minimum absolute atomic E-state index is 0.00243. The summed E-state index contributed by atoms with van der Waals surface area (Å²) in [6, 6.07) is 4.40. The Kier molecular flexibility index (Phi) is 3.27. The third-order valence-corrected chi connectivity index (χ3v) is 5.42. The summed E-state index contributed by atoms with van der Waals surface area (Å²) in [5, 5.41) is 0. The number of hydrogen-bond acceptors (Lipinski definition) is 2. The minimum Gasteiger partial charge on any atom is -0.274 e. The van der Waals surface area contributed by atoms with Gasteiger partial charge in [0.2, 0.25) is 11.8 Å². The second kappa shape index (κ2) is 5.07. The predicted octanol–water partition coefficient (Wildman–Crippen LogP) is 3.96. The molecule has 2 aliphatic carbocycles. The number of allylic oxidation sites excluding steroid dienone is 4. The van der Waals surface area contributed by atoms with Crippen LogP contribution in [0.2, 0.25) is 0 Å². The van der Waals surface area contributed by atoms with E-state index in [0.717, 1.165) is 28.2 Å². The molecule has 1 aromatic rings. The highest BCUT2D eigenvalue weighted by molar-refractivity contribution is 6.23. The van der Waals surface area contributed by atoms with Gasteiger partial charge in [-0.1, -0.05) is 29.4 Å². The van der Waals surface area contributed by atoms with Crippen molar-refractivity contribution >= 4 is 17.5 Å². The summed E-state index contributed by atoms with van der Waals surface area (Å²) >= 11 is 0. The fraction of sp³-hybridized carbons (Fsp3) is 0.368. The number of benzene rings is 1. The normalized spacial score (nSPS) is 30.4. The number of alkyl halides is 3. The van der Waals surface area contributed by atoms with E-state index in [1.54, 1.807) is 0 Å². The number of halogens is 3. The lowest BCUT2D eigenvalue weighted by molar-refractivity contribution is -0.137. The molecule has 0 spiro atoms. The third kappa shape index (κ3) is 2.12. The molecule has 2 amide bonds. The van der Waals surface area contributed by atoms with Gasteiger partial charge in [0.15, 0.2) is 0 Å². The van der Waals surface area contributed by atoms with E-state index in [0.29, 0.717) is 0 Å². The fourth-order valence-corrected chi connectivity index (χ4v) is 4.51. The topological polar surface area (TPSA) is 37.4 Å². The monoisotopic (exact) mass is 347 g/mol. The Balaban J connectivity index is 1.74. The highest BCUT2D eigenvalue weighted by Crippen LogP contribution is 2.57. The van der Waals surface area contributed by atoms with Crippen molar-refractivity contribution in [2.75, 3.05) is 4.90 Å². The van der Waals surface area contributed by atoms with E-state index in [1.807, 2.05) is 26.0 Å². The number of rotatable bonds is 1. The van der Waals surface area contributed by atoms with Gasteiger partial charge in [0.05, 0.1) is 23.1 Å². The number of hydrogen-bond donors (Lipinski definition) is 0. The molecule has 1 aliphatic heterocycles. The van der Waals surface area contributed by atoms with E-state index in [4.69, 9.17) is 0 Å². The van der Waals surface area contributed by atoms with Crippen molar-refractivity contribution in [1.82, 2.24) is 0 Å². The average molecular weight is 347 g/mol. The molecule has 25 heavy (non-hydrogen) atoms. The summed E-state index contributed by atoms with van der Waals surface area (Å²) in [6.45, 7) is 3.92. The third-order valence-electron chi connectivity index (χ3n) is 5.42. The first kappa shape index (κ1) is 16.1. The first-order valence-electron chi connectivity index (χ1n) is 8.12. The standard InChI is InChI=1S/C19H16F3NO2/c1-9(2)14-12-6-7-13(14)16-15(12)17(24)23(18(16)25)11-5-3-4-10(8-11)19(20,21)22/h3-8,12-13,15-16H,1-2H3/t12-,13-,15-,16+/m1/s1. The SMILES string of the molecule is CC(C)=C1[C@H]2C=C[C@H]1[C@H]1C(=O)N(c3cccc(C(F)(F)F)c3)C(=O)[C@H]12. The van der Waals surface area contributed by atoms with Gasteiger partial charge in [-0.25, -0.2) is 4.90 Å². The molecular weight excluding hydrogens is 331 g/mol. The van der Waals surface area contributed by atoms with Crippen molar-refractivity contribution < 1.29 is 22.8 Å². The van der Waals surface area contributed by atoms with Gasteiger partial charge in [0.25, 0.3) is 0 Å². The van der Waals surface area contributed by atoms with Crippen LogP contribution in [0.25, 0.3) is 0 Å². The number of carbonyl (C=O) groups excluding carboxylic acids is 2. The Hall–Kier alpha value is -2.37. The Morgan fingerprint density at radius 2 is 1.56 bits per heavy atom. The Labute approximate surface area is 142 Å². The van der Waals surface area contributed by atoms with E-state index in [2.05, 4.69) is 0 Å². The second-order valence-corrected chi connectivity index (χ2v) is 7.00. The number of carbonyl (C=O) groups is 2. The van der Waals surface area contributed by atoms with Crippen LogP contribution in [-0.2, 0) is 15.8 Å². The molecule has 4 rings (SSSR count). The number of anilines is 1. The van der Waals surface area contributed by atoms with Gasteiger partial charge >= 0.3 is 6.18 Å². The van der Waals surface area contributed by atoms with Gasteiger partial charge < -0.3 is 0 Å². The maximum absolute atomic E-state index is 12.9. The molecule has 4 atom stereocenters. The van der Waals surface area contributed by atoms with Gasteiger partial charge in [0.1, 0.15) is 0 Å². The van der Waals surface area contributed by atoms with Crippen LogP contribution in [0.15, 0.2) is 47.6 Å². The van der Waals surface area contributed by atoms with E-state index in [1.165, 1.54) is 12.1 Å². The molecule has 0 N–H and O–H groups in total. The van der Waals surface area contributed by atoms with Crippen molar-refractivity contribution in [3.63, 3.8) is 0 Å². The summed E-state index contributed by atoms with van der Waals surface area (Å²) in [5.74, 6) is -2.03.